The summed E-state index contributed by atoms with van der Waals surface area (Å²) in [6.07, 6.45) is 23.9. The van der Waals surface area contributed by atoms with Gasteiger partial charge in [-0.05, 0) is 47.3 Å². The average Bonchev–Trinajstić information content (AvgIpc) is 3.92. The molecule has 4 aliphatic rings. The van der Waals surface area contributed by atoms with Gasteiger partial charge in [0.15, 0.2) is 0 Å². The summed E-state index contributed by atoms with van der Waals surface area (Å²) in [5, 5.41) is 0. The van der Waals surface area contributed by atoms with Crippen LogP contribution in [0.2, 0.25) is 0 Å². The molecule has 0 aromatic rings. The maximum absolute atomic E-state index is 2.39. The van der Waals surface area contributed by atoms with Crippen molar-refractivity contribution in [2.45, 2.75) is 228 Å². The van der Waals surface area contributed by atoms with E-state index in [4.69, 9.17) is 0 Å². The van der Waals surface area contributed by atoms with Crippen molar-refractivity contribution in [2.75, 3.05) is 0 Å². The monoisotopic (exact) mass is 1240 g/mol. The van der Waals surface area contributed by atoms with Gasteiger partial charge in [-0.1, -0.05) is 228 Å². The number of rotatable bonds is 4. The summed E-state index contributed by atoms with van der Waals surface area (Å²) in [6.45, 7) is 34.7. The standard InChI is InChI=1S/4C8H16.4C2H6.2CH4.I3.I2/c4*1-7(2)8-5-3-4-6-8;4*1-2;;;1-3-2;1-2/h4*7-8H,3-6H2,1-2H3;4*1-2H3;2*1H4;;/q;;;;;;;;;;-1;. The molecule has 0 unspecified atom stereocenters. The van der Waals surface area contributed by atoms with E-state index in [9.17, 15) is 0 Å². The second kappa shape index (κ2) is 58.9. The predicted molar refractivity (Wildman–Crippen MR) is 262 cm³/mol. The van der Waals surface area contributed by atoms with Crippen molar-refractivity contribution in [2.24, 2.45) is 47.3 Å². The zero-order valence-corrected chi connectivity index (χ0v) is 44.6. The Morgan fingerprint density at radius 1 is 0.340 bits per heavy atom. The Balaban J connectivity index is -0.0000000635. The molecule has 4 saturated carbocycles. The third-order valence-electron chi connectivity index (χ3n) is 9.37. The fraction of sp³-hybridized carbons (Fsp3) is 1.00. The van der Waals surface area contributed by atoms with Gasteiger partial charge < -0.3 is 0 Å². The second-order valence-corrected chi connectivity index (χ2v) is 29.5. The summed E-state index contributed by atoms with van der Waals surface area (Å²) in [7, 11) is 0. The Bertz CT molecular complexity index is 350. The Hall–Kier alpha value is 3.65. The molecule has 0 aromatic carbocycles. The molecule has 0 radical (unpaired) electrons. The van der Waals surface area contributed by atoms with Gasteiger partial charge in [-0.15, -0.1) is 0 Å². The quantitative estimate of drug-likeness (QED) is 0.246. The molecule has 4 fully saturated rings. The van der Waals surface area contributed by atoms with Crippen LogP contribution in [0.25, 0.3) is 0 Å². The molecule has 0 bridgehead atoms. The van der Waals surface area contributed by atoms with Gasteiger partial charge in [0, 0.05) is 37.2 Å². The molecule has 0 N–H and O–H groups in total. The molecule has 0 atom stereocenters. The molecule has 0 spiro atoms. The Kier molecular flexibility index (Phi) is 86.1. The van der Waals surface area contributed by atoms with Crippen LogP contribution in [0.5, 0.6) is 0 Å². The molecule has 0 heterocycles. The van der Waals surface area contributed by atoms with Crippen LogP contribution in [0.1, 0.15) is 228 Å². The SMILES string of the molecule is C.C.CC.CC.CC.CC.CC(C)C1CCCC1.CC(C)C1CCCC1.CC(C)C1CCCC1.CC(C)C1CCCC1.II.I[I-]I. The predicted octanol–water partition coefficient (Wildman–Crippen LogP) is 17.3. The first kappa shape index (κ1) is 68.6. The van der Waals surface area contributed by atoms with Gasteiger partial charge in [0.1, 0.15) is 0 Å². The van der Waals surface area contributed by atoms with Gasteiger partial charge in [0.05, 0.1) is 0 Å². The molecule has 4 aliphatic carbocycles. The van der Waals surface area contributed by atoms with Crippen LogP contribution in [0.4, 0.5) is 0 Å². The van der Waals surface area contributed by atoms with Crippen LogP contribution in [-0.2, 0) is 0 Å². The molecule has 0 amide bonds. The van der Waals surface area contributed by atoms with Crippen LogP contribution < -0.4 is 13.3 Å². The number of halogens is 5. The van der Waals surface area contributed by atoms with Crippen LogP contribution >= 0.6 is 74.5 Å². The normalized spacial score (nSPS) is 16.7. The van der Waals surface area contributed by atoms with E-state index in [1.807, 2.05) is 55.4 Å². The van der Waals surface area contributed by atoms with E-state index in [1.165, 1.54) is 103 Å². The summed E-state index contributed by atoms with van der Waals surface area (Å²) < 4.78 is 0. The van der Waals surface area contributed by atoms with Gasteiger partial charge in [-0.3, -0.25) is 0 Å². The summed E-state index contributed by atoms with van der Waals surface area (Å²) in [5.74, 6) is 8.03. The molecule has 300 valence electrons. The summed E-state index contributed by atoms with van der Waals surface area (Å²) in [5.41, 5.74) is 0. The summed E-state index contributed by atoms with van der Waals surface area (Å²) >= 11 is 9.54. The van der Waals surface area contributed by atoms with Crippen molar-refractivity contribution >= 4 is 74.5 Å². The van der Waals surface area contributed by atoms with Crippen molar-refractivity contribution in [3.8, 4) is 0 Å². The fourth-order valence-corrected chi connectivity index (χ4v) is 6.50. The van der Waals surface area contributed by atoms with E-state index >= 15 is 0 Å². The van der Waals surface area contributed by atoms with Crippen molar-refractivity contribution in [3.63, 3.8) is 0 Å². The molecule has 0 aromatic heterocycles. The van der Waals surface area contributed by atoms with Gasteiger partial charge in [-0.2, -0.15) is 0 Å². The first-order chi connectivity index (χ1) is 21.6. The van der Waals surface area contributed by atoms with Crippen LogP contribution in [0, 0.1) is 47.3 Å². The van der Waals surface area contributed by atoms with Crippen LogP contribution in [0.3, 0.4) is 0 Å². The average molecular weight is 1240 g/mol. The fourth-order valence-electron chi connectivity index (χ4n) is 6.50. The molecule has 0 nitrogen and oxygen atoms in total. The van der Waals surface area contributed by atoms with Gasteiger partial charge >= 0.3 is 50.5 Å². The number of hydrogen-bond donors (Lipinski definition) is 0. The van der Waals surface area contributed by atoms with E-state index in [0.717, 1.165) is 47.3 Å². The Morgan fingerprint density at radius 3 is 0.468 bits per heavy atom. The second-order valence-electron chi connectivity index (χ2n) is 13.2. The first-order valence-corrected chi connectivity index (χ1v) is 38.5. The molecule has 0 saturated heterocycles. The van der Waals surface area contributed by atoms with Crippen LogP contribution in [-0.4, -0.2) is 0 Å². The summed E-state index contributed by atoms with van der Waals surface area (Å²) in [6, 6.07) is 0. The van der Waals surface area contributed by atoms with Gasteiger partial charge in [0.2, 0.25) is 0 Å². The summed E-state index contributed by atoms with van der Waals surface area (Å²) in [4.78, 5) is 0. The van der Waals surface area contributed by atoms with E-state index in [0.29, 0.717) is 13.3 Å². The minimum atomic E-state index is 0. The van der Waals surface area contributed by atoms with E-state index in [1.54, 1.807) is 0 Å². The van der Waals surface area contributed by atoms with Crippen molar-refractivity contribution in [1.29, 1.82) is 0 Å². The van der Waals surface area contributed by atoms with Crippen molar-refractivity contribution in [3.05, 3.63) is 0 Å². The zero-order valence-electron chi connectivity index (χ0n) is 33.8. The molecular weight excluding hydrogens is 1140 g/mol. The zero-order chi connectivity index (χ0) is 36.6. The molecule has 4 rings (SSSR count). The Labute approximate surface area is 358 Å². The van der Waals surface area contributed by atoms with Crippen molar-refractivity contribution in [1.82, 2.24) is 0 Å². The molecule has 47 heavy (non-hydrogen) atoms. The third-order valence-corrected chi connectivity index (χ3v) is 9.37. The van der Waals surface area contributed by atoms with Crippen molar-refractivity contribution < 1.29 is 13.3 Å². The Morgan fingerprint density at radius 2 is 0.426 bits per heavy atom. The molecule has 0 aliphatic heterocycles. The first-order valence-electron chi connectivity index (χ1n) is 19.6. The van der Waals surface area contributed by atoms with E-state index in [2.05, 4.69) is 130 Å². The van der Waals surface area contributed by atoms with Crippen LogP contribution in [0.15, 0.2) is 0 Å². The molecular formula is C42H96I5-. The van der Waals surface area contributed by atoms with E-state index in [-0.39, 0.29) is 14.9 Å². The number of hydrogen-bond acceptors (Lipinski definition) is 0. The minimum absolute atomic E-state index is 0. The molecule has 5 heteroatoms. The van der Waals surface area contributed by atoms with Gasteiger partial charge in [0.25, 0.3) is 0 Å². The maximum atomic E-state index is 2.39. The topological polar surface area (TPSA) is 0 Å². The third kappa shape index (κ3) is 49.6. The van der Waals surface area contributed by atoms with Gasteiger partial charge in [-0.25, -0.2) is 0 Å². The van der Waals surface area contributed by atoms with E-state index < -0.39 is 0 Å².